The summed E-state index contributed by atoms with van der Waals surface area (Å²) >= 11 is 3.40. The molecule has 8 heteroatoms. The zero-order valence-corrected chi connectivity index (χ0v) is 17.0. The minimum atomic E-state index is -0.161. The molecular weight excluding hydrogens is 420 g/mol. The second-order valence-corrected chi connectivity index (χ2v) is 7.66. The molecule has 1 saturated heterocycles. The SMILES string of the molecule is O=C(c1nnn(-c2ccc(Br)cc2)n1)N1CCN(CCc2ccccc2)CC1. The fraction of sp³-hybridized carbons (Fsp3) is 0.300. The van der Waals surface area contributed by atoms with Crippen LogP contribution < -0.4 is 0 Å². The highest BCUT2D eigenvalue weighted by Crippen LogP contribution is 2.13. The quantitative estimate of drug-likeness (QED) is 0.609. The van der Waals surface area contributed by atoms with Crippen LogP contribution in [0.25, 0.3) is 5.69 Å². The molecule has 7 nitrogen and oxygen atoms in total. The number of amides is 1. The van der Waals surface area contributed by atoms with Crippen molar-refractivity contribution in [1.29, 1.82) is 0 Å². The summed E-state index contributed by atoms with van der Waals surface area (Å²) < 4.78 is 0.970. The molecule has 0 unspecified atom stereocenters. The molecule has 0 radical (unpaired) electrons. The number of rotatable bonds is 5. The Bertz CT molecular complexity index is 919. The minimum absolute atomic E-state index is 0.139. The monoisotopic (exact) mass is 440 g/mol. The summed E-state index contributed by atoms with van der Waals surface area (Å²) in [4.78, 5) is 18.3. The predicted molar refractivity (Wildman–Crippen MR) is 109 cm³/mol. The van der Waals surface area contributed by atoms with E-state index in [0.717, 1.165) is 36.2 Å². The molecule has 0 atom stereocenters. The van der Waals surface area contributed by atoms with Crippen LogP contribution in [0.5, 0.6) is 0 Å². The molecule has 0 spiro atoms. The van der Waals surface area contributed by atoms with Crippen molar-refractivity contribution in [2.24, 2.45) is 0 Å². The number of carbonyl (C=O) groups is 1. The Hall–Kier alpha value is -2.58. The fourth-order valence-electron chi connectivity index (χ4n) is 3.23. The normalized spacial score (nSPS) is 15.0. The number of aromatic nitrogens is 4. The van der Waals surface area contributed by atoms with Crippen molar-refractivity contribution in [2.75, 3.05) is 32.7 Å². The van der Waals surface area contributed by atoms with Crippen LogP contribution in [0.1, 0.15) is 16.2 Å². The molecule has 1 aromatic heterocycles. The van der Waals surface area contributed by atoms with Gasteiger partial charge in [-0.25, -0.2) is 0 Å². The number of benzene rings is 2. The molecule has 0 saturated carbocycles. The van der Waals surface area contributed by atoms with Crippen molar-refractivity contribution < 1.29 is 4.79 Å². The molecule has 0 aliphatic carbocycles. The maximum Gasteiger partial charge on any atom is 0.295 e. The number of tetrazole rings is 1. The zero-order valence-electron chi connectivity index (χ0n) is 15.4. The lowest BCUT2D eigenvalue weighted by molar-refractivity contribution is 0.0626. The molecule has 0 bridgehead atoms. The third kappa shape index (κ3) is 4.45. The van der Waals surface area contributed by atoms with Gasteiger partial charge >= 0.3 is 0 Å². The Morgan fingerprint density at radius 3 is 2.39 bits per heavy atom. The van der Waals surface area contributed by atoms with Crippen LogP contribution in [0.15, 0.2) is 59.1 Å². The summed E-state index contributed by atoms with van der Waals surface area (Å²) in [6.07, 6.45) is 1.03. The molecule has 1 aliphatic heterocycles. The van der Waals surface area contributed by atoms with Crippen molar-refractivity contribution in [2.45, 2.75) is 6.42 Å². The number of carbonyl (C=O) groups excluding carboxylic acids is 1. The van der Waals surface area contributed by atoms with Gasteiger partial charge in [-0.3, -0.25) is 9.69 Å². The van der Waals surface area contributed by atoms with Gasteiger partial charge in [-0.2, -0.15) is 0 Å². The average molecular weight is 441 g/mol. The van der Waals surface area contributed by atoms with Crippen LogP contribution in [0.2, 0.25) is 0 Å². The highest BCUT2D eigenvalue weighted by atomic mass is 79.9. The second kappa shape index (κ2) is 8.62. The molecule has 1 fully saturated rings. The van der Waals surface area contributed by atoms with Crippen LogP contribution in [0, 0.1) is 0 Å². The van der Waals surface area contributed by atoms with Gasteiger partial charge in [0.25, 0.3) is 11.7 Å². The van der Waals surface area contributed by atoms with E-state index in [1.807, 2.05) is 35.2 Å². The van der Waals surface area contributed by atoms with Gasteiger partial charge in [-0.05, 0) is 41.5 Å². The summed E-state index contributed by atoms with van der Waals surface area (Å²) in [5.74, 6) is -0.0216. The Morgan fingerprint density at radius 2 is 1.68 bits per heavy atom. The zero-order chi connectivity index (χ0) is 19.3. The van der Waals surface area contributed by atoms with Crippen molar-refractivity contribution in [1.82, 2.24) is 30.0 Å². The third-order valence-corrected chi connectivity index (χ3v) is 5.41. The largest absolute Gasteiger partial charge is 0.333 e. The number of hydrogen-bond acceptors (Lipinski definition) is 5. The topological polar surface area (TPSA) is 67.2 Å². The molecule has 28 heavy (non-hydrogen) atoms. The minimum Gasteiger partial charge on any atom is -0.333 e. The van der Waals surface area contributed by atoms with E-state index in [0.29, 0.717) is 13.1 Å². The number of halogens is 1. The fourth-order valence-corrected chi connectivity index (χ4v) is 3.50. The summed E-state index contributed by atoms with van der Waals surface area (Å²) in [5.41, 5.74) is 2.11. The Balaban J connectivity index is 1.31. The van der Waals surface area contributed by atoms with E-state index in [4.69, 9.17) is 0 Å². The summed E-state index contributed by atoms with van der Waals surface area (Å²) in [7, 11) is 0. The van der Waals surface area contributed by atoms with Crippen LogP contribution in [-0.4, -0.2) is 68.6 Å². The van der Waals surface area contributed by atoms with Crippen LogP contribution in [0.3, 0.4) is 0 Å². The molecular formula is C20H21BrN6O. The van der Waals surface area contributed by atoms with Crippen molar-refractivity contribution >= 4 is 21.8 Å². The lowest BCUT2D eigenvalue weighted by Crippen LogP contribution is -2.49. The maximum atomic E-state index is 12.7. The molecule has 4 rings (SSSR count). The number of nitrogens with zero attached hydrogens (tertiary/aromatic N) is 6. The van der Waals surface area contributed by atoms with Gasteiger partial charge in [0.05, 0.1) is 5.69 Å². The first kappa shape index (κ1) is 18.8. The lowest BCUT2D eigenvalue weighted by Gasteiger charge is -2.34. The Morgan fingerprint density at radius 1 is 0.964 bits per heavy atom. The smallest absolute Gasteiger partial charge is 0.295 e. The van der Waals surface area contributed by atoms with E-state index < -0.39 is 0 Å². The van der Waals surface area contributed by atoms with Gasteiger partial charge in [0.2, 0.25) is 0 Å². The second-order valence-electron chi connectivity index (χ2n) is 6.75. The van der Waals surface area contributed by atoms with E-state index in [9.17, 15) is 4.79 Å². The van der Waals surface area contributed by atoms with Crippen molar-refractivity contribution in [3.05, 3.63) is 70.5 Å². The van der Waals surface area contributed by atoms with Crippen molar-refractivity contribution in [3.63, 3.8) is 0 Å². The molecule has 2 heterocycles. The van der Waals surface area contributed by atoms with Gasteiger partial charge < -0.3 is 4.90 Å². The molecule has 144 valence electrons. The van der Waals surface area contributed by atoms with Crippen LogP contribution in [0.4, 0.5) is 0 Å². The van der Waals surface area contributed by atoms with Gasteiger partial charge in [-0.15, -0.1) is 15.0 Å². The molecule has 0 N–H and O–H groups in total. The van der Waals surface area contributed by atoms with Crippen LogP contribution in [-0.2, 0) is 6.42 Å². The number of hydrogen-bond donors (Lipinski definition) is 0. The molecule has 1 aliphatic rings. The van der Waals surface area contributed by atoms with Gasteiger partial charge in [0.1, 0.15) is 0 Å². The number of piperazine rings is 1. The van der Waals surface area contributed by atoms with E-state index in [1.54, 1.807) is 0 Å². The van der Waals surface area contributed by atoms with Crippen LogP contribution >= 0.6 is 15.9 Å². The Labute approximate surface area is 172 Å². The lowest BCUT2D eigenvalue weighted by atomic mass is 10.1. The van der Waals surface area contributed by atoms with Gasteiger partial charge in [-0.1, -0.05) is 46.3 Å². The van der Waals surface area contributed by atoms with E-state index in [1.165, 1.54) is 10.4 Å². The summed E-state index contributed by atoms with van der Waals surface area (Å²) in [6, 6.07) is 18.0. The Kier molecular flexibility index (Phi) is 5.78. The standard InChI is InChI=1S/C20H21BrN6O/c21-17-6-8-18(9-7-17)27-23-19(22-24-27)20(28)26-14-12-25(13-15-26)11-10-16-4-2-1-3-5-16/h1-9H,10-15H2. The summed E-state index contributed by atoms with van der Waals surface area (Å²) in [5, 5.41) is 12.2. The third-order valence-electron chi connectivity index (χ3n) is 4.88. The summed E-state index contributed by atoms with van der Waals surface area (Å²) in [6.45, 7) is 4.09. The highest BCUT2D eigenvalue weighted by molar-refractivity contribution is 9.10. The van der Waals surface area contributed by atoms with Crippen molar-refractivity contribution in [3.8, 4) is 5.69 Å². The molecule has 3 aromatic rings. The molecule has 2 aromatic carbocycles. The van der Waals surface area contributed by atoms with E-state index in [2.05, 4.69) is 60.5 Å². The highest BCUT2D eigenvalue weighted by Gasteiger charge is 2.25. The predicted octanol–water partition coefficient (Wildman–Crippen LogP) is 2.43. The first-order valence-corrected chi connectivity index (χ1v) is 10.1. The molecule has 1 amide bonds. The average Bonchev–Trinajstić information content (AvgIpc) is 3.24. The maximum absolute atomic E-state index is 12.7. The van der Waals surface area contributed by atoms with E-state index >= 15 is 0 Å². The van der Waals surface area contributed by atoms with Gasteiger partial charge in [0, 0.05) is 37.2 Å². The van der Waals surface area contributed by atoms with E-state index in [-0.39, 0.29) is 11.7 Å². The van der Waals surface area contributed by atoms with Gasteiger partial charge in [0.15, 0.2) is 0 Å². The first-order valence-electron chi connectivity index (χ1n) is 9.30. The first-order chi connectivity index (χ1) is 13.7.